The maximum Gasteiger partial charge on any atom is 0.341 e. The minimum absolute atomic E-state index is 0.200. The summed E-state index contributed by atoms with van der Waals surface area (Å²) in [6.07, 6.45) is 7.19. The molecular weight excluding hydrogens is 354 g/mol. The highest BCUT2D eigenvalue weighted by atomic mass is 32.2. The van der Waals surface area contributed by atoms with Gasteiger partial charge in [-0.15, -0.1) is 23.1 Å². The number of thiophene rings is 1. The smallest absolute Gasteiger partial charge is 0.341 e. The Hall–Kier alpha value is -1.79. The summed E-state index contributed by atoms with van der Waals surface area (Å²) in [5.74, 6) is -0.568. The van der Waals surface area contributed by atoms with Gasteiger partial charge in [0.2, 0.25) is 0 Å². The van der Waals surface area contributed by atoms with Crippen LogP contribution in [0.15, 0.2) is 29.2 Å². The molecule has 132 valence electrons. The number of thioether (sulfide) groups is 1. The lowest BCUT2D eigenvalue weighted by molar-refractivity contribution is 0.0601. The molecule has 1 aromatic heterocycles. The fraction of sp³-hybridized carbons (Fsp3) is 0.368. The molecule has 0 spiro atoms. The van der Waals surface area contributed by atoms with Crippen molar-refractivity contribution in [1.29, 1.82) is 0 Å². The van der Waals surface area contributed by atoms with E-state index in [9.17, 15) is 9.59 Å². The molecule has 0 unspecified atom stereocenters. The van der Waals surface area contributed by atoms with Crippen LogP contribution in [0.4, 0.5) is 5.00 Å². The van der Waals surface area contributed by atoms with Crippen LogP contribution in [0.25, 0.3) is 0 Å². The standard InChI is InChI=1S/C19H21NO3S2/c1-23-19(22)16-14-6-4-3-5-7-15(14)25-18(16)20-17(21)12-8-10-13(24-2)11-9-12/h8-11H,3-7H2,1-2H3,(H,20,21). The van der Waals surface area contributed by atoms with Crippen LogP contribution < -0.4 is 5.32 Å². The SMILES string of the molecule is COC(=O)c1c(NC(=O)c2ccc(SC)cc2)sc2c1CCCCC2. The van der Waals surface area contributed by atoms with Crippen LogP contribution in [0, 0.1) is 0 Å². The van der Waals surface area contributed by atoms with Crippen molar-refractivity contribution in [1.82, 2.24) is 0 Å². The van der Waals surface area contributed by atoms with E-state index in [0.717, 1.165) is 36.1 Å². The van der Waals surface area contributed by atoms with E-state index in [1.807, 2.05) is 18.4 Å². The lowest BCUT2D eigenvalue weighted by Gasteiger charge is -2.08. The van der Waals surface area contributed by atoms with E-state index in [0.29, 0.717) is 16.1 Å². The first kappa shape index (κ1) is 18.0. The van der Waals surface area contributed by atoms with Gasteiger partial charge in [-0.1, -0.05) is 6.42 Å². The lowest BCUT2D eigenvalue weighted by atomic mass is 10.1. The molecule has 6 heteroatoms. The number of amides is 1. The van der Waals surface area contributed by atoms with Gasteiger partial charge >= 0.3 is 5.97 Å². The Morgan fingerprint density at radius 3 is 2.52 bits per heavy atom. The van der Waals surface area contributed by atoms with Gasteiger partial charge in [0.05, 0.1) is 12.7 Å². The monoisotopic (exact) mass is 375 g/mol. The normalized spacial score (nSPS) is 13.7. The minimum Gasteiger partial charge on any atom is -0.465 e. The van der Waals surface area contributed by atoms with E-state index in [2.05, 4.69) is 5.32 Å². The molecule has 1 aliphatic carbocycles. The topological polar surface area (TPSA) is 55.4 Å². The van der Waals surface area contributed by atoms with Crippen LogP contribution >= 0.6 is 23.1 Å². The molecule has 1 aromatic carbocycles. The van der Waals surface area contributed by atoms with Gasteiger partial charge in [-0.2, -0.15) is 0 Å². The van der Waals surface area contributed by atoms with Crippen molar-refractivity contribution in [2.45, 2.75) is 37.0 Å². The molecule has 4 nitrogen and oxygen atoms in total. The summed E-state index contributed by atoms with van der Waals surface area (Å²) in [4.78, 5) is 27.2. The van der Waals surface area contributed by atoms with Crippen molar-refractivity contribution in [3.63, 3.8) is 0 Å². The molecule has 3 rings (SSSR count). The van der Waals surface area contributed by atoms with Crippen molar-refractivity contribution in [3.05, 3.63) is 45.8 Å². The maximum absolute atomic E-state index is 12.6. The number of anilines is 1. The van der Waals surface area contributed by atoms with Crippen LogP contribution in [-0.4, -0.2) is 25.2 Å². The van der Waals surface area contributed by atoms with Gasteiger partial charge in [0.15, 0.2) is 0 Å². The quantitative estimate of drug-likeness (QED) is 0.475. The highest BCUT2D eigenvalue weighted by Gasteiger charge is 2.26. The van der Waals surface area contributed by atoms with Gasteiger partial charge in [0.25, 0.3) is 5.91 Å². The number of carbonyl (C=O) groups excluding carboxylic acids is 2. The van der Waals surface area contributed by atoms with Crippen LogP contribution in [0.5, 0.6) is 0 Å². The molecule has 1 amide bonds. The van der Waals surface area contributed by atoms with Gasteiger partial charge in [-0.25, -0.2) is 4.79 Å². The molecule has 2 aromatic rings. The summed E-state index contributed by atoms with van der Waals surface area (Å²) in [7, 11) is 1.38. The highest BCUT2D eigenvalue weighted by Crippen LogP contribution is 2.38. The average Bonchev–Trinajstić information content (AvgIpc) is 2.81. The van der Waals surface area contributed by atoms with Gasteiger partial charge in [-0.05, 0) is 61.8 Å². The Kier molecular flexibility index (Phi) is 5.81. The summed E-state index contributed by atoms with van der Waals surface area (Å²) < 4.78 is 4.97. The van der Waals surface area contributed by atoms with E-state index < -0.39 is 0 Å². The van der Waals surface area contributed by atoms with Gasteiger partial charge in [0.1, 0.15) is 5.00 Å². The first-order valence-electron chi connectivity index (χ1n) is 8.32. The number of methoxy groups -OCH3 is 1. The second-order valence-corrected chi connectivity index (χ2v) is 7.93. The Bertz CT molecular complexity index is 781. The first-order chi connectivity index (χ1) is 12.1. The number of benzene rings is 1. The zero-order valence-electron chi connectivity index (χ0n) is 14.4. The van der Waals surface area contributed by atoms with Crippen LogP contribution in [-0.2, 0) is 17.6 Å². The molecular formula is C19H21NO3S2. The third kappa shape index (κ3) is 3.90. The van der Waals surface area contributed by atoms with E-state index in [1.165, 1.54) is 29.7 Å². The summed E-state index contributed by atoms with van der Waals surface area (Å²) in [5, 5.41) is 3.54. The number of esters is 1. The lowest BCUT2D eigenvalue weighted by Crippen LogP contribution is -2.14. The zero-order chi connectivity index (χ0) is 17.8. The van der Waals surface area contributed by atoms with Crippen LogP contribution in [0.2, 0.25) is 0 Å². The van der Waals surface area contributed by atoms with Crippen LogP contribution in [0.3, 0.4) is 0 Å². The van der Waals surface area contributed by atoms with E-state index in [1.54, 1.807) is 23.9 Å². The molecule has 0 aliphatic heterocycles. The van der Waals surface area contributed by atoms with E-state index in [-0.39, 0.29) is 11.9 Å². The Morgan fingerprint density at radius 1 is 1.12 bits per heavy atom. The fourth-order valence-electron chi connectivity index (χ4n) is 3.07. The van der Waals surface area contributed by atoms with Gasteiger partial charge in [-0.3, -0.25) is 4.79 Å². The molecule has 0 atom stereocenters. The number of aryl methyl sites for hydroxylation is 1. The number of nitrogens with one attached hydrogen (secondary N) is 1. The molecule has 1 N–H and O–H groups in total. The molecule has 0 saturated heterocycles. The second-order valence-electron chi connectivity index (χ2n) is 5.94. The summed E-state index contributed by atoms with van der Waals surface area (Å²) in [6.45, 7) is 0. The molecule has 0 bridgehead atoms. The van der Waals surface area contributed by atoms with Gasteiger partial charge < -0.3 is 10.1 Å². The number of rotatable bonds is 4. The van der Waals surface area contributed by atoms with Gasteiger partial charge in [0, 0.05) is 15.3 Å². The molecule has 0 saturated carbocycles. The van der Waals surface area contributed by atoms with E-state index >= 15 is 0 Å². The number of hydrogen-bond acceptors (Lipinski definition) is 5. The molecule has 1 heterocycles. The largest absolute Gasteiger partial charge is 0.465 e. The Morgan fingerprint density at radius 2 is 1.84 bits per heavy atom. The second kappa shape index (κ2) is 8.06. The number of ether oxygens (including phenoxy) is 1. The Labute approximate surface area is 156 Å². The number of fused-ring (bicyclic) bond motifs is 1. The van der Waals surface area contributed by atoms with Crippen LogP contribution in [0.1, 0.15) is 50.4 Å². The summed E-state index contributed by atoms with van der Waals surface area (Å²) in [6, 6.07) is 7.45. The molecule has 0 radical (unpaired) electrons. The third-order valence-electron chi connectivity index (χ3n) is 4.39. The van der Waals surface area contributed by atoms with Crippen molar-refractivity contribution < 1.29 is 14.3 Å². The maximum atomic E-state index is 12.6. The zero-order valence-corrected chi connectivity index (χ0v) is 16.0. The summed E-state index contributed by atoms with van der Waals surface area (Å²) >= 11 is 3.14. The molecule has 25 heavy (non-hydrogen) atoms. The predicted molar refractivity (Wildman–Crippen MR) is 103 cm³/mol. The van der Waals surface area contributed by atoms with Crippen molar-refractivity contribution in [2.24, 2.45) is 0 Å². The molecule has 0 fully saturated rings. The van der Waals surface area contributed by atoms with Crippen molar-refractivity contribution in [2.75, 3.05) is 18.7 Å². The number of carbonyl (C=O) groups is 2. The first-order valence-corrected chi connectivity index (χ1v) is 10.4. The molecule has 1 aliphatic rings. The third-order valence-corrected chi connectivity index (χ3v) is 6.34. The highest BCUT2D eigenvalue weighted by molar-refractivity contribution is 7.98. The van der Waals surface area contributed by atoms with Crippen molar-refractivity contribution >= 4 is 40.0 Å². The Balaban J connectivity index is 1.90. The van der Waals surface area contributed by atoms with Crippen molar-refractivity contribution in [3.8, 4) is 0 Å². The number of hydrogen-bond donors (Lipinski definition) is 1. The minimum atomic E-state index is -0.368. The van der Waals surface area contributed by atoms with E-state index in [4.69, 9.17) is 4.74 Å². The summed E-state index contributed by atoms with van der Waals surface area (Å²) in [5.41, 5.74) is 2.18. The fourth-order valence-corrected chi connectivity index (χ4v) is 4.75. The predicted octanol–water partition coefficient (Wildman–Crippen LogP) is 4.78. The average molecular weight is 376 g/mol.